The van der Waals surface area contributed by atoms with E-state index in [-0.39, 0.29) is 11.4 Å². The van der Waals surface area contributed by atoms with Crippen LogP contribution in [0.25, 0.3) is 0 Å². The van der Waals surface area contributed by atoms with Gasteiger partial charge in [-0.3, -0.25) is 0 Å². The van der Waals surface area contributed by atoms with E-state index in [1.165, 1.54) is 0 Å². The lowest BCUT2D eigenvalue weighted by Gasteiger charge is -2.16. The van der Waals surface area contributed by atoms with E-state index in [2.05, 4.69) is 0 Å². The van der Waals surface area contributed by atoms with Crippen LogP contribution in [0.15, 0.2) is 0 Å². The van der Waals surface area contributed by atoms with Crippen molar-refractivity contribution >= 4 is 11.8 Å². The Kier molecular flexibility index (Phi) is 2.69. The summed E-state index contributed by atoms with van der Waals surface area (Å²) in [5.74, 6) is 0. The number of hydrogen-bond acceptors (Lipinski definition) is 2. The molecule has 0 heterocycles. The van der Waals surface area contributed by atoms with Crippen molar-refractivity contribution in [2.75, 3.05) is 12.9 Å². The summed E-state index contributed by atoms with van der Waals surface area (Å²) >= 11 is 1.68. The van der Waals surface area contributed by atoms with Gasteiger partial charge in [-0.1, -0.05) is 0 Å². The lowest BCUT2D eigenvalue weighted by Crippen LogP contribution is -2.18. The molecule has 0 fully saturated rings. The predicted molar refractivity (Wildman–Crippen MR) is 34.7 cm³/mol. The van der Waals surface area contributed by atoms with E-state index >= 15 is 0 Å². The first-order chi connectivity index (χ1) is 3.12. The van der Waals surface area contributed by atoms with Crippen LogP contribution in [0.5, 0.6) is 0 Å². The standard InChI is InChI=1S/C5H12OS/c1-5(2,4-6)7-3/h6H,4H2,1-3H3. The Labute approximate surface area is 49.1 Å². The molecule has 0 aromatic carbocycles. The zero-order valence-corrected chi connectivity index (χ0v) is 5.88. The van der Waals surface area contributed by atoms with Gasteiger partial charge >= 0.3 is 0 Å². The zero-order valence-electron chi connectivity index (χ0n) is 5.06. The quantitative estimate of drug-likeness (QED) is 0.589. The van der Waals surface area contributed by atoms with E-state index in [4.69, 9.17) is 5.11 Å². The normalized spacial score (nSPS) is 12.0. The summed E-state index contributed by atoms with van der Waals surface area (Å²) in [5.41, 5.74) is 0. The lowest BCUT2D eigenvalue weighted by molar-refractivity contribution is 0.265. The molecule has 44 valence electrons. The molecule has 0 amide bonds. The van der Waals surface area contributed by atoms with Crippen LogP contribution in [-0.4, -0.2) is 22.7 Å². The van der Waals surface area contributed by atoms with E-state index < -0.39 is 0 Å². The zero-order chi connectivity index (χ0) is 5.91. The van der Waals surface area contributed by atoms with Crippen molar-refractivity contribution in [1.29, 1.82) is 0 Å². The molecule has 0 rings (SSSR count). The number of aliphatic hydroxyl groups is 1. The first kappa shape index (κ1) is 7.31. The van der Waals surface area contributed by atoms with Gasteiger partial charge in [0, 0.05) is 4.75 Å². The molecule has 2 heteroatoms. The molecule has 0 aliphatic heterocycles. The Morgan fingerprint density at radius 1 is 1.57 bits per heavy atom. The summed E-state index contributed by atoms with van der Waals surface area (Å²) in [6, 6.07) is 0. The molecule has 0 atom stereocenters. The summed E-state index contributed by atoms with van der Waals surface area (Å²) in [4.78, 5) is 0. The molecule has 7 heavy (non-hydrogen) atoms. The maximum atomic E-state index is 8.57. The molecule has 0 aliphatic rings. The fraction of sp³-hybridized carbons (Fsp3) is 1.00. The van der Waals surface area contributed by atoms with Crippen molar-refractivity contribution in [1.82, 2.24) is 0 Å². The second-order valence-electron chi connectivity index (χ2n) is 2.12. The van der Waals surface area contributed by atoms with Crippen LogP contribution in [0.2, 0.25) is 0 Å². The van der Waals surface area contributed by atoms with Gasteiger partial charge in [0.25, 0.3) is 0 Å². The first-order valence-electron chi connectivity index (χ1n) is 2.28. The maximum Gasteiger partial charge on any atom is 0.0572 e. The summed E-state index contributed by atoms with van der Waals surface area (Å²) < 4.78 is 0.0556. The molecule has 0 aromatic rings. The van der Waals surface area contributed by atoms with Crippen molar-refractivity contribution < 1.29 is 5.11 Å². The molecular formula is C5H12OS. The van der Waals surface area contributed by atoms with Crippen LogP contribution in [0, 0.1) is 0 Å². The van der Waals surface area contributed by atoms with Gasteiger partial charge in [-0.2, -0.15) is 11.8 Å². The fourth-order valence-corrected chi connectivity index (χ4v) is 0.194. The highest BCUT2D eigenvalue weighted by Gasteiger charge is 2.12. The first-order valence-corrected chi connectivity index (χ1v) is 3.51. The second-order valence-corrected chi connectivity index (χ2v) is 3.64. The van der Waals surface area contributed by atoms with Gasteiger partial charge in [0.15, 0.2) is 0 Å². The summed E-state index contributed by atoms with van der Waals surface area (Å²) in [6.45, 7) is 4.28. The van der Waals surface area contributed by atoms with Crippen LogP contribution >= 0.6 is 11.8 Å². The molecule has 0 saturated carbocycles. The van der Waals surface area contributed by atoms with Gasteiger partial charge in [-0.05, 0) is 20.1 Å². The van der Waals surface area contributed by atoms with E-state index in [1.807, 2.05) is 20.1 Å². The van der Waals surface area contributed by atoms with Gasteiger partial charge in [0.05, 0.1) is 6.61 Å². The Morgan fingerprint density at radius 2 is 2.00 bits per heavy atom. The second kappa shape index (κ2) is 2.58. The minimum absolute atomic E-state index is 0.0556. The van der Waals surface area contributed by atoms with Crippen molar-refractivity contribution in [3.05, 3.63) is 0 Å². The van der Waals surface area contributed by atoms with Gasteiger partial charge in [-0.15, -0.1) is 0 Å². The molecule has 0 unspecified atom stereocenters. The van der Waals surface area contributed by atoms with Gasteiger partial charge in [-0.25, -0.2) is 0 Å². The summed E-state index contributed by atoms with van der Waals surface area (Å²) in [7, 11) is 0. The summed E-state index contributed by atoms with van der Waals surface area (Å²) in [5, 5.41) is 8.57. The number of rotatable bonds is 2. The highest BCUT2D eigenvalue weighted by Crippen LogP contribution is 2.18. The monoisotopic (exact) mass is 120 g/mol. The van der Waals surface area contributed by atoms with Crippen molar-refractivity contribution in [3.8, 4) is 0 Å². The largest absolute Gasteiger partial charge is 0.395 e. The third kappa shape index (κ3) is 2.94. The van der Waals surface area contributed by atoms with Crippen LogP contribution in [0.1, 0.15) is 13.8 Å². The van der Waals surface area contributed by atoms with E-state index in [1.54, 1.807) is 11.8 Å². The van der Waals surface area contributed by atoms with Gasteiger partial charge in [0.2, 0.25) is 0 Å². The molecular weight excluding hydrogens is 108 g/mol. The average Bonchev–Trinajstić information content (AvgIpc) is 1.68. The molecule has 0 bridgehead atoms. The van der Waals surface area contributed by atoms with Crippen LogP contribution in [0.4, 0.5) is 0 Å². The van der Waals surface area contributed by atoms with Gasteiger partial charge < -0.3 is 5.11 Å². The van der Waals surface area contributed by atoms with Crippen LogP contribution in [0.3, 0.4) is 0 Å². The minimum Gasteiger partial charge on any atom is -0.395 e. The van der Waals surface area contributed by atoms with E-state index in [0.717, 1.165) is 0 Å². The van der Waals surface area contributed by atoms with Crippen molar-refractivity contribution in [3.63, 3.8) is 0 Å². The Hall–Kier alpha value is 0.310. The van der Waals surface area contributed by atoms with Crippen LogP contribution < -0.4 is 0 Å². The third-order valence-electron chi connectivity index (χ3n) is 0.933. The molecule has 0 saturated heterocycles. The number of aliphatic hydroxyl groups excluding tert-OH is 1. The Balaban J connectivity index is 3.36. The predicted octanol–water partition coefficient (Wildman–Crippen LogP) is 1.12. The number of thioether (sulfide) groups is 1. The number of hydrogen-bond donors (Lipinski definition) is 1. The van der Waals surface area contributed by atoms with Crippen LogP contribution in [-0.2, 0) is 0 Å². The SMILES string of the molecule is CSC(C)(C)CO. The Bertz CT molecular complexity index is 46.0. The van der Waals surface area contributed by atoms with Crippen molar-refractivity contribution in [2.45, 2.75) is 18.6 Å². The van der Waals surface area contributed by atoms with Crippen molar-refractivity contribution in [2.24, 2.45) is 0 Å². The topological polar surface area (TPSA) is 20.2 Å². The molecule has 1 N–H and O–H groups in total. The molecule has 1 nitrogen and oxygen atoms in total. The van der Waals surface area contributed by atoms with E-state index in [9.17, 15) is 0 Å². The lowest BCUT2D eigenvalue weighted by atomic mass is 10.2. The smallest absolute Gasteiger partial charge is 0.0572 e. The minimum atomic E-state index is 0.0556. The average molecular weight is 120 g/mol. The summed E-state index contributed by atoms with van der Waals surface area (Å²) in [6.07, 6.45) is 2.00. The highest BCUT2D eigenvalue weighted by molar-refractivity contribution is 7.99. The maximum absolute atomic E-state index is 8.57. The molecule has 0 aliphatic carbocycles. The third-order valence-corrected chi connectivity index (χ3v) is 2.17. The fourth-order valence-electron chi connectivity index (χ4n) is 0.0645. The van der Waals surface area contributed by atoms with Gasteiger partial charge in [0.1, 0.15) is 0 Å². The molecule has 0 spiro atoms. The highest BCUT2D eigenvalue weighted by atomic mass is 32.2. The van der Waals surface area contributed by atoms with E-state index in [0.29, 0.717) is 0 Å². The molecule has 0 aromatic heterocycles. The molecule has 0 radical (unpaired) electrons. The Morgan fingerprint density at radius 3 is 2.00 bits per heavy atom.